The zero-order valence-electron chi connectivity index (χ0n) is 20.3. The van der Waals surface area contributed by atoms with Gasteiger partial charge in [0.2, 0.25) is 0 Å². The van der Waals surface area contributed by atoms with Crippen LogP contribution in [-0.2, 0) is 22.5 Å². The van der Waals surface area contributed by atoms with E-state index in [1.54, 1.807) is 7.11 Å². The Morgan fingerprint density at radius 1 is 1.06 bits per heavy atom. The van der Waals surface area contributed by atoms with Crippen LogP contribution in [0.25, 0.3) is 11.1 Å². The third-order valence-corrected chi connectivity index (χ3v) is 6.34. The molecule has 0 saturated carbocycles. The maximum atomic E-state index is 6.29. The highest BCUT2D eigenvalue weighted by molar-refractivity contribution is 5.67. The quantitative estimate of drug-likeness (QED) is 0.405. The molecule has 0 spiro atoms. The number of aromatic nitrogens is 1. The molecule has 0 aliphatic carbocycles. The largest absolute Gasteiger partial charge is 0.495 e. The van der Waals surface area contributed by atoms with Crippen LogP contribution in [0.5, 0.6) is 0 Å². The fraction of sp³-hybridized carbons (Fsp3) is 0.321. The molecule has 33 heavy (non-hydrogen) atoms. The van der Waals surface area contributed by atoms with Crippen molar-refractivity contribution in [3.63, 3.8) is 0 Å². The topological polar surface area (TPSA) is 47.7 Å². The van der Waals surface area contributed by atoms with E-state index >= 15 is 0 Å². The number of rotatable bonds is 7. The van der Waals surface area contributed by atoms with Gasteiger partial charge in [-0.2, -0.15) is 0 Å². The van der Waals surface area contributed by atoms with E-state index in [2.05, 4.69) is 73.3 Å². The average Bonchev–Trinajstić information content (AvgIpc) is 3.16. The van der Waals surface area contributed by atoms with Crippen molar-refractivity contribution in [1.29, 1.82) is 0 Å². The molecule has 1 aliphatic heterocycles. The van der Waals surface area contributed by atoms with Crippen molar-refractivity contribution in [2.24, 2.45) is 0 Å². The maximum Gasteiger partial charge on any atom is 0.180 e. The number of aryl methyl sites for hydroxylation is 2. The van der Waals surface area contributed by atoms with Gasteiger partial charge in [-0.25, -0.2) is 0 Å². The summed E-state index contributed by atoms with van der Waals surface area (Å²) in [6.07, 6.45) is 2.98. The average molecular weight is 445 g/mol. The van der Waals surface area contributed by atoms with Gasteiger partial charge in [0.05, 0.1) is 13.2 Å². The van der Waals surface area contributed by atoms with Gasteiger partial charge in [0.1, 0.15) is 12.4 Å². The zero-order valence-corrected chi connectivity index (χ0v) is 20.3. The number of benzene rings is 2. The Balaban J connectivity index is 1.56. The molecule has 2 heterocycles. The van der Waals surface area contributed by atoms with Crippen LogP contribution in [0.3, 0.4) is 0 Å². The van der Waals surface area contributed by atoms with Gasteiger partial charge in [0.25, 0.3) is 0 Å². The SMILES string of the molecule is CCc1cc(COC2=C(OC)C(C)N(c3noc(C)c3C)C(C)=C2)ccc1-c1ccccc1. The van der Waals surface area contributed by atoms with Gasteiger partial charge in [-0.05, 0) is 56.4 Å². The summed E-state index contributed by atoms with van der Waals surface area (Å²) < 4.78 is 17.5. The molecule has 2 aromatic carbocycles. The Kier molecular flexibility index (Phi) is 6.59. The summed E-state index contributed by atoms with van der Waals surface area (Å²) in [6.45, 7) is 10.8. The fourth-order valence-electron chi connectivity index (χ4n) is 4.41. The summed E-state index contributed by atoms with van der Waals surface area (Å²) in [4.78, 5) is 2.13. The fourth-order valence-corrected chi connectivity index (χ4v) is 4.41. The first-order chi connectivity index (χ1) is 15.9. The molecule has 0 amide bonds. The van der Waals surface area contributed by atoms with Gasteiger partial charge in [0, 0.05) is 17.3 Å². The summed E-state index contributed by atoms with van der Waals surface area (Å²) in [5, 5.41) is 4.27. The van der Waals surface area contributed by atoms with Crippen LogP contribution in [0.15, 0.2) is 76.3 Å². The highest BCUT2D eigenvalue weighted by Gasteiger charge is 2.32. The second-order valence-electron chi connectivity index (χ2n) is 8.45. The minimum atomic E-state index is -0.0649. The molecule has 5 nitrogen and oxygen atoms in total. The monoisotopic (exact) mass is 444 g/mol. The van der Waals surface area contributed by atoms with Crippen molar-refractivity contribution in [1.82, 2.24) is 5.16 Å². The third kappa shape index (κ3) is 4.40. The van der Waals surface area contributed by atoms with Crippen LogP contribution < -0.4 is 4.90 Å². The summed E-state index contributed by atoms with van der Waals surface area (Å²) >= 11 is 0. The molecule has 0 radical (unpaired) electrons. The van der Waals surface area contributed by atoms with E-state index in [-0.39, 0.29) is 6.04 Å². The highest BCUT2D eigenvalue weighted by Crippen LogP contribution is 2.35. The lowest BCUT2D eigenvalue weighted by Gasteiger charge is -2.35. The highest BCUT2D eigenvalue weighted by atomic mass is 16.5. The predicted octanol–water partition coefficient (Wildman–Crippen LogP) is 6.71. The molecule has 1 aliphatic rings. The van der Waals surface area contributed by atoms with Gasteiger partial charge in [0.15, 0.2) is 17.3 Å². The minimum Gasteiger partial charge on any atom is -0.495 e. The smallest absolute Gasteiger partial charge is 0.180 e. The summed E-state index contributed by atoms with van der Waals surface area (Å²) in [6, 6.07) is 17.0. The lowest BCUT2D eigenvalue weighted by atomic mass is 9.96. The van der Waals surface area contributed by atoms with Crippen LogP contribution in [0.2, 0.25) is 0 Å². The number of nitrogens with zero attached hydrogens (tertiary/aromatic N) is 2. The Morgan fingerprint density at radius 2 is 1.82 bits per heavy atom. The van der Waals surface area contributed by atoms with E-state index in [1.165, 1.54) is 16.7 Å². The molecule has 1 aromatic heterocycles. The van der Waals surface area contributed by atoms with Gasteiger partial charge in [-0.3, -0.25) is 0 Å². The van der Waals surface area contributed by atoms with E-state index in [0.29, 0.717) is 6.61 Å². The van der Waals surface area contributed by atoms with Crippen LogP contribution in [0.1, 0.15) is 43.2 Å². The van der Waals surface area contributed by atoms with Crippen LogP contribution >= 0.6 is 0 Å². The van der Waals surface area contributed by atoms with Gasteiger partial charge < -0.3 is 18.9 Å². The second kappa shape index (κ2) is 9.57. The zero-order chi connectivity index (χ0) is 23.5. The predicted molar refractivity (Wildman–Crippen MR) is 132 cm³/mol. The number of anilines is 1. The van der Waals surface area contributed by atoms with E-state index < -0.39 is 0 Å². The van der Waals surface area contributed by atoms with Crippen molar-refractivity contribution in [2.75, 3.05) is 12.0 Å². The van der Waals surface area contributed by atoms with Crippen LogP contribution in [-0.4, -0.2) is 18.3 Å². The molecular formula is C28H32N2O3. The van der Waals surface area contributed by atoms with E-state index in [0.717, 1.165) is 46.3 Å². The molecule has 0 bridgehead atoms. The first-order valence-electron chi connectivity index (χ1n) is 11.4. The first kappa shape index (κ1) is 22.7. The maximum absolute atomic E-state index is 6.29. The Labute approximate surface area is 196 Å². The van der Waals surface area contributed by atoms with Crippen molar-refractivity contribution < 1.29 is 14.0 Å². The number of hydrogen-bond acceptors (Lipinski definition) is 5. The standard InChI is InChI=1S/C28H32N2O3/c1-7-23-16-22(13-14-25(23)24-11-9-8-10-12-24)17-32-26-15-18(2)30(20(4)27(26)31-6)28-19(3)21(5)33-29-28/h8-16,20H,7,17H2,1-6H3. The summed E-state index contributed by atoms with van der Waals surface area (Å²) in [7, 11) is 1.69. The molecule has 0 fully saturated rings. The molecule has 3 aromatic rings. The third-order valence-electron chi connectivity index (χ3n) is 6.34. The molecular weight excluding hydrogens is 412 g/mol. The molecule has 5 heteroatoms. The minimum absolute atomic E-state index is 0.0649. The van der Waals surface area contributed by atoms with Crippen molar-refractivity contribution >= 4 is 5.82 Å². The number of allylic oxidation sites excluding steroid dienone is 2. The van der Waals surface area contributed by atoms with E-state index in [1.807, 2.05) is 26.0 Å². The van der Waals surface area contributed by atoms with Gasteiger partial charge in [-0.1, -0.05) is 60.6 Å². The molecule has 1 unspecified atom stereocenters. The Morgan fingerprint density at radius 3 is 2.45 bits per heavy atom. The van der Waals surface area contributed by atoms with E-state index in [9.17, 15) is 0 Å². The number of methoxy groups -OCH3 is 1. The molecule has 4 rings (SSSR count). The van der Waals surface area contributed by atoms with Gasteiger partial charge >= 0.3 is 0 Å². The second-order valence-corrected chi connectivity index (χ2v) is 8.45. The summed E-state index contributed by atoms with van der Waals surface area (Å²) in [5.74, 6) is 3.16. The molecule has 0 saturated heterocycles. The van der Waals surface area contributed by atoms with E-state index in [4.69, 9.17) is 14.0 Å². The lowest BCUT2D eigenvalue weighted by Crippen LogP contribution is -2.37. The van der Waals surface area contributed by atoms with Crippen molar-refractivity contribution in [2.45, 2.75) is 53.7 Å². The normalized spacial score (nSPS) is 16.1. The van der Waals surface area contributed by atoms with Crippen molar-refractivity contribution in [3.8, 4) is 11.1 Å². The lowest BCUT2D eigenvalue weighted by molar-refractivity contribution is 0.165. The van der Waals surface area contributed by atoms with Gasteiger partial charge in [-0.15, -0.1) is 0 Å². The van der Waals surface area contributed by atoms with Crippen LogP contribution in [0.4, 0.5) is 5.82 Å². The number of hydrogen-bond donors (Lipinski definition) is 0. The van der Waals surface area contributed by atoms with Crippen LogP contribution in [0, 0.1) is 13.8 Å². The first-order valence-corrected chi connectivity index (χ1v) is 11.4. The van der Waals surface area contributed by atoms with Crippen molar-refractivity contribution in [3.05, 3.63) is 94.3 Å². The molecule has 1 atom stereocenters. The Hall–Kier alpha value is -3.47. The molecule has 0 N–H and O–H groups in total. The Bertz CT molecular complexity index is 1190. The number of ether oxygens (including phenoxy) is 2. The summed E-state index contributed by atoms with van der Waals surface area (Å²) in [5.41, 5.74) is 7.02. The molecule has 172 valence electrons.